The normalized spacial score (nSPS) is 9.95. The molecule has 0 radical (unpaired) electrons. The molecule has 0 bridgehead atoms. The van der Waals surface area contributed by atoms with E-state index < -0.39 is 0 Å². The van der Waals surface area contributed by atoms with Crippen molar-refractivity contribution in [1.82, 2.24) is 20.4 Å². The lowest BCUT2D eigenvalue weighted by Gasteiger charge is -2.03. The zero-order valence-corrected chi connectivity index (χ0v) is 12.9. The van der Waals surface area contributed by atoms with Gasteiger partial charge in [0, 0.05) is 12.7 Å². The minimum absolute atomic E-state index is 0. The molecule has 1 aromatic heterocycles. The third kappa shape index (κ3) is 5.57. The summed E-state index contributed by atoms with van der Waals surface area (Å²) in [5, 5.41) is 10.1. The van der Waals surface area contributed by atoms with Crippen LogP contribution in [-0.4, -0.2) is 35.8 Å². The Morgan fingerprint density at radius 1 is 1.24 bits per heavy atom. The first-order valence-corrected chi connectivity index (χ1v) is 6.79. The van der Waals surface area contributed by atoms with Gasteiger partial charge in [-0.1, -0.05) is 30.3 Å². The minimum atomic E-state index is -0.0691. The maximum atomic E-state index is 11.9. The number of benzene rings is 1. The number of aromatic nitrogens is 2. The van der Waals surface area contributed by atoms with Crippen LogP contribution in [0.3, 0.4) is 0 Å². The highest BCUT2D eigenvalue weighted by Gasteiger charge is 2.07. The summed E-state index contributed by atoms with van der Waals surface area (Å²) in [5.41, 5.74) is 1.77. The molecule has 0 spiro atoms. The number of carbonyl (C=O) groups excluding carboxylic acids is 1. The number of hydrogen-bond donors (Lipinski definition) is 2. The molecule has 114 valence electrons. The van der Waals surface area contributed by atoms with Crippen molar-refractivity contribution in [2.45, 2.75) is 13.0 Å². The number of halogens is 1. The number of nitrogens with zero attached hydrogens (tertiary/aromatic N) is 2. The van der Waals surface area contributed by atoms with E-state index in [9.17, 15) is 4.79 Å². The van der Waals surface area contributed by atoms with Crippen molar-refractivity contribution in [2.24, 2.45) is 0 Å². The molecule has 0 unspecified atom stereocenters. The van der Waals surface area contributed by atoms with Crippen LogP contribution in [0.25, 0.3) is 0 Å². The van der Waals surface area contributed by atoms with E-state index in [1.54, 1.807) is 17.1 Å². The summed E-state index contributed by atoms with van der Waals surface area (Å²) in [6.45, 7) is 2.24. The fraction of sp³-hybridized carbons (Fsp3) is 0.333. The highest BCUT2D eigenvalue weighted by Crippen LogP contribution is 2.04. The third-order valence-electron chi connectivity index (χ3n) is 2.97. The Bertz CT molecular complexity index is 542. The van der Waals surface area contributed by atoms with E-state index in [0.29, 0.717) is 18.7 Å². The molecule has 2 rings (SSSR count). The molecule has 0 aliphatic rings. The second-order valence-corrected chi connectivity index (χ2v) is 4.63. The summed E-state index contributed by atoms with van der Waals surface area (Å²) in [4.78, 5) is 11.9. The van der Waals surface area contributed by atoms with E-state index in [0.717, 1.165) is 18.5 Å². The van der Waals surface area contributed by atoms with Gasteiger partial charge in [0.15, 0.2) is 0 Å². The highest BCUT2D eigenvalue weighted by atomic mass is 35.5. The fourth-order valence-electron chi connectivity index (χ4n) is 1.91. The molecule has 0 atom stereocenters. The van der Waals surface area contributed by atoms with E-state index in [1.165, 1.54) is 0 Å². The second kappa shape index (κ2) is 9.15. The fourth-order valence-corrected chi connectivity index (χ4v) is 1.91. The summed E-state index contributed by atoms with van der Waals surface area (Å²) in [6, 6.07) is 10.1. The molecule has 1 aromatic carbocycles. The van der Waals surface area contributed by atoms with Gasteiger partial charge >= 0.3 is 0 Å². The average molecular weight is 309 g/mol. The van der Waals surface area contributed by atoms with Crippen LogP contribution >= 0.6 is 12.4 Å². The van der Waals surface area contributed by atoms with Crippen LogP contribution in [0, 0.1) is 0 Å². The monoisotopic (exact) mass is 308 g/mol. The molecule has 21 heavy (non-hydrogen) atoms. The predicted molar refractivity (Wildman–Crippen MR) is 85.9 cm³/mol. The number of carbonyl (C=O) groups is 1. The Morgan fingerprint density at radius 3 is 2.71 bits per heavy atom. The van der Waals surface area contributed by atoms with Gasteiger partial charge in [-0.05, 0) is 25.6 Å². The van der Waals surface area contributed by atoms with E-state index in [2.05, 4.69) is 15.7 Å². The first-order valence-electron chi connectivity index (χ1n) is 6.79. The molecule has 2 N–H and O–H groups in total. The Kier molecular flexibility index (Phi) is 7.50. The number of nitrogens with one attached hydrogen (secondary N) is 2. The van der Waals surface area contributed by atoms with Crippen molar-refractivity contribution in [3.63, 3.8) is 0 Å². The van der Waals surface area contributed by atoms with Crippen molar-refractivity contribution < 1.29 is 4.79 Å². The van der Waals surface area contributed by atoms with Crippen LogP contribution in [0.15, 0.2) is 42.7 Å². The Labute approximate surface area is 131 Å². The molecule has 1 heterocycles. The molecule has 0 saturated heterocycles. The molecule has 5 nitrogen and oxygen atoms in total. The molecular formula is C15H21ClN4O. The summed E-state index contributed by atoms with van der Waals surface area (Å²) in [7, 11) is 1.90. The SMILES string of the molecule is CNCCCNC(=O)c1cnn(Cc2ccccc2)c1.Cl. The van der Waals surface area contributed by atoms with Gasteiger partial charge in [-0.3, -0.25) is 9.48 Å². The van der Waals surface area contributed by atoms with Gasteiger partial charge in [0.1, 0.15) is 0 Å². The summed E-state index contributed by atoms with van der Waals surface area (Å²) < 4.78 is 1.78. The van der Waals surface area contributed by atoms with Crippen molar-refractivity contribution in [3.8, 4) is 0 Å². The number of hydrogen-bond acceptors (Lipinski definition) is 3. The lowest BCUT2D eigenvalue weighted by Crippen LogP contribution is -2.26. The lowest BCUT2D eigenvalue weighted by atomic mass is 10.2. The molecule has 0 aliphatic carbocycles. The van der Waals surface area contributed by atoms with Crippen molar-refractivity contribution in [1.29, 1.82) is 0 Å². The highest BCUT2D eigenvalue weighted by molar-refractivity contribution is 5.93. The molecule has 0 saturated carbocycles. The second-order valence-electron chi connectivity index (χ2n) is 4.63. The van der Waals surface area contributed by atoms with E-state index in [4.69, 9.17) is 0 Å². The number of rotatable bonds is 7. The van der Waals surface area contributed by atoms with Crippen LogP contribution in [0.2, 0.25) is 0 Å². The molecule has 6 heteroatoms. The van der Waals surface area contributed by atoms with Crippen LogP contribution in [0.1, 0.15) is 22.3 Å². The average Bonchev–Trinajstić information content (AvgIpc) is 2.93. The van der Waals surface area contributed by atoms with Gasteiger partial charge in [0.25, 0.3) is 5.91 Å². The topological polar surface area (TPSA) is 58.9 Å². The number of amides is 1. The van der Waals surface area contributed by atoms with Gasteiger partial charge in [-0.2, -0.15) is 5.10 Å². The molecule has 0 fully saturated rings. The van der Waals surface area contributed by atoms with Crippen LogP contribution in [0.4, 0.5) is 0 Å². The summed E-state index contributed by atoms with van der Waals surface area (Å²) in [5.74, 6) is -0.0691. The quantitative estimate of drug-likeness (QED) is 0.765. The van der Waals surface area contributed by atoms with Crippen LogP contribution in [0.5, 0.6) is 0 Å². The largest absolute Gasteiger partial charge is 0.352 e. The van der Waals surface area contributed by atoms with Crippen molar-refractivity contribution in [2.75, 3.05) is 20.1 Å². The maximum Gasteiger partial charge on any atom is 0.254 e. The van der Waals surface area contributed by atoms with Gasteiger partial charge in [-0.25, -0.2) is 0 Å². The van der Waals surface area contributed by atoms with E-state index >= 15 is 0 Å². The standard InChI is InChI=1S/C15H20N4O.ClH/c1-16-8-5-9-17-15(20)14-10-18-19(12-14)11-13-6-3-2-4-7-13;/h2-4,6-7,10,12,16H,5,8-9,11H2,1H3,(H,17,20);1H. The molecule has 0 aliphatic heterocycles. The zero-order valence-electron chi connectivity index (χ0n) is 12.1. The van der Waals surface area contributed by atoms with Gasteiger partial charge in [-0.15, -0.1) is 12.4 Å². The van der Waals surface area contributed by atoms with Gasteiger partial charge in [0.05, 0.1) is 18.3 Å². The predicted octanol–water partition coefficient (Wildman–Crippen LogP) is 1.69. The Balaban J connectivity index is 0.00000220. The van der Waals surface area contributed by atoms with E-state index in [-0.39, 0.29) is 18.3 Å². The Morgan fingerprint density at radius 2 is 2.00 bits per heavy atom. The molecule has 1 amide bonds. The van der Waals surface area contributed by atoms with Crippen molar-refractivity contribution in [3.05, 3.63) is 53.9 Å². The lowest BCUT2D eigenvalue weighted by molar-refractivity contribution is 0.0953. The maximum absolute atomic E-state index is 11.9. The third-order valence-corrected chi connectivity index (χ3v) is 2.97. The zero-order chi connectivity index (χ0) is 14.2. The van der Waals surface area contributed by atoms with E-state index in [1.807, 2.05) is 37.4 Å². The summed E-state index contributed by atoms with van der Waals surface area (Å²) in [6.07, 6.45) is 4.30. The van der Waals surface area contributed by atoms with Crippen LogP contribution in [-0.2, 0) is 6.54 Å². The van der Waals surface area contributed by atoms with Crippen molar-refractivity contribution >= 4 is 18.3 Å². The van der Waals surface area contributed by atoms with Gasteiger partial charge in [0.2, 0.25) is 0 Å². The first-order chi connectivity index (χ1) is 9.79. The minimum Gasteiger partial charge on any atom is -0.352 e. The first kappa shape index (κ1) is 17.2. The van der Waals surface area contributed by atoms with Gasteiger partial charge < -0.3 is 10.6 Å². The summed E-state index contributed by atoms with van der Waals surface area (Å²) >= 11 is 0. The smallest absolute Gasteiger partial charge is 0.254 e. The molecular weight excluding hydrogens is 288 g/mol. The Hall–Kier alpha value is -1.85. The molecule has 2 aromatic rings. The van der Waals surface area contributed by atoms with Crippen LogP contribution < -0.4 is 10.6 Å².